The minimum Gasteiger partial charge on any atom is -0.405 e. The van der Waals surface area contributed by atoms with Crippen LogP contribution < -0.4 is 15.8 Å². The van der Waals surface area contributed by atoms with Gasteiger partial charge in [-0.15, -0.1) is 13.2 Å². The number of benzene rings is 1. The zero-order chi connectivity index (χ0) is 19.6. The summed E-state index contributed by atoms with van der Waals surface area (Å²) in [7, 11) is 0. The van der Waals surface area contributed by atoms with E-state index >= 15 is 0 Å². The molecule has 2 aromatic heterocycles. The number of aromatic nitrogens is 4. The average Bonchev–Trinajstić information content (AvgIpc) is 3.10. The molecule has 12 heteroatoms. The van der Waals surface area contributed by atoms with Gasteiger partial charge >= 0.3 is 6.36 Å². The first-order chi connectivity index (χ1) is 12.7. The molecule has 0 saturated carbocycles. The maximum Gasteiger partial charge on any atom is 0.573 e. The molecule has 0 spiro atoms. The van der Waals surface area contributed by atoms with Crippen LogP contribution in [0.15, 0.2) is 36.7 Å². The van der Waals surface area contributed by atoms with Crippen molar-refractivity contribution in [2.45, 2.75) is 6.36 Å². The van der Waals surface area contributed by atoms with Gasteiger partial charge in [-0.05, 0) is 24.3 Å². The number of rotatable bonds is 4. The van der Waals surface area contributed by atoms with Crippen LogP contribution in [0.1, 0.15) is 10.5 Å². The highest BCUT2D eigenvalue weighted by molar-refractivity contribution is 6.02. The molecular formula is C15H10F4N6O2. The Hall–Kier alpha value is -3.70. The van der Waals surface area contributed by atoms with Crippen molar-refractivity contribution in [3.05, 3.63) is 48.2 Å². The summed E-state index contributed by atoms with van der Waals surface area (Å²) in [5.41, 5.74) is 5.28. The Morgan fingerprint density at radius 3 is 2.67 bits per heavy atom. The molecule has 0 radical (unpaired) electrons. The van der Waals surface area contributed by atoms with Crippen LogP contribution in [0.4, 0.5) is 29.2 Å². The lowest BCUT2D eigenvalue weighted by Gasteiger charge is -2.14. The lowest BCUT2D eigenvalue weighted by atomic mass is 10.1. The van der Waals surface area contributed by atoms with E-state index in [1.54, 1.807) is 0 Å². The largest absolute Gasteiger partial charge is 0.573 e. The molecule has 0 atom stereocenters. The minimum atomic E-state index is -4.99. The number of hydrogen-bond acceptors (Lipinski definition) is 6. The monoisotopic (exact) mass is 382 g/mol. The average molecular weight is 382 g/mol. The number of ether oxygens (including phenoxy) is 1. The van der Waals surface area contributed by atoms with Crippen LogP contribution in [-0.4, -0.2) is 32.4 Å². The van der Waals surface area contributed by atoms with Crippen LogP contribution in [0.2, 0.25) is 0 Å². The summed E-state index contributed by atoms with van der Waals surface area (Å²) in [6.07, 6.45) is -2.57. The van der Waals surface area contributed by atoms with Gasteiger partial charge in [-0.25, -0.2) is 14.4 Å². The van der Waals surface area contributed by atoms with E-state index in [2.05, 4.69) is 30.2 Å². The summed E-state index contributed by atoms with van der Waals surface area (Å²) in [5, 5.41) is 8.43. The Balaban J connectivity index is 1.92. The van der Waals surface area contributed by atoms with E-state index < -0.39 is 23.8 Å². The summed E-state index contributed by atoms with van der Waals surface area (Å²) in [6.45, 7) is 0. The van der Waals surface area contributed by atoms with Crippen molar-refractivity contribution in [1.29, 1.82) is 0 Å². The fourth-order valence-electron chi connectivity index (χ4n) is 2.14. The van der Waals surface area contributed by atoms with E-state index in [1.165, 1.54) is 12.3 Å². The van der Waals surface area contributed by atoms with E-state index in [1.807, 2.05) is 0 Å². The highest BCUT2D eigenvalue weighted by atomic mass is 19.4. The van der Waals surface area contributed by atoms with Crippen LogP contribution in [0, 0.1) is 5.82 Å². The van der Waals surface area contributed by atoms with Crippen LogP contribution in [0.5, 0.6) is 5.75 Å². The van der Waals surface area contributed by atoms with Crippen molar-refractivity contribution in [3.8, 4) is 17.0 Å². The molecule has 8 nitrogen and oxygen atoms in total. The topological polar surface area (TPSA) is 119 Å². The van der Waals surface area contributed by atoms with Gasteiger partial charge in [0.2, 0.25) is 0 Å². The molecule has 0 saturated heterocycles. The van der Waals surface area contributed by atoms with Gasteiger partial charge in [0.25, 0.3) is 5.91 Å². The molecule has 0 aliphatic heterocycles. The fourth-order valence-corrected chi connectivity index (χ4v) is 2.14. The molecule has 0 unspecified atom stereocenters. The molecule has 140 valence electrons. The lowest BCUT2D eigenvalue weighted by molar-refractivity contribution is -0.274. The smallest absolute Gasteiger partial charge is 0.405 e. The van der Waals surface area contributed by atoms with Gasteiger partial charge in [0, 0.05) is 11.8 Å². The highest BCUT2D eigenvalue weighted by Crippen LogP contribution is 2.35. The van der Waals surface area contributed by atoms with E-state index in [4.69, 9.17) is 5.73 Å². The van der Waals surface area contributed by atoms with Gasteiger partial charge in [-0.2, -0.15) is 5.10 Å². The molecular weight excluding hydrogens is 372 g/mol. The standard InChI is InChI=1S/C15H10F4N6O2/c16-7-1-2-10(27-15(17,18)19)8(5-7)12-13(20)23-11(6-21-12)24-14(26)9-3-4-22-25-9/h1-6H,(H,22,25)(H3,20,23,24,26). The SMILES string of the molecule is Nc1nc(NC(=O)c2ccn[nH]2)cnc1-c1cc(F)ccc1OC(F)(F)F. The van der Waals surface area contributed by atoms with Crippen molar-refractivity contribution in [2.24, 2.45) is 0 Å². The minimum absolute atomic E-state index is 0.0643. The predicted molar refractivity (Wildman–Crippen MR) is 85.1 cm³/mol. The summed E-state index contributed by atoms with van der Waals surface area (Å²) in [5.74, 6) is -2.50. The number of carbonyl (C=O) groups is 1. The van der Waals surface area contributed by atoms with E-state index in [-0.39, 0.29) is 28.6 Å². The number of hydrogen-bond donors (Lipinski definition) is 3. The molecule has 3 rings (SSSR count). The number of nitrogens with one attached hydrogen (secondary N) is 2. The number of halogens is 4. The quantitative estimate of drug-likeness (QED) is 0.597. The molecule has 0 fully saturated rings. The van der Waals surface area contributed by atoms with Crippen molar-refractivity contribution in [2.75, 3.05) is 11.1 Å². The number of carbonyl (C=O) groups excluding carboxylic acids is 1. The van der Waals surface area contributed by atoms with E-state index in [0.717, 1.165) is 24.4 Å². The van der Waals surface area contributed by atoms with Gasteiger partial charge in [0.05, 0.1) is 6.20 Å². The predicted octanol–water partition coefficient (Wildman–Crippen LogP) is 2.74. The van der Waals surface area contributed by atoms with Gasteiger partial charge < -0.3 is 15.8 Å². The fraction of sp³-hybridized carbons (Fsp3) is 0.0667. The van der Waals surface area contributed by atoms with Crippen LogP contribution >= 0.6 is 0 Å². The molecule has 1 amide bonds. The van der Waals surface area contributed by atoms with Crippen molar-refractivity contribution >= 4 is 17.5 Å². The first-order valence-electron chi connectivity index (χ1n) is 7.22. The Labute approximate surface area is 148 Å². The molecule has 0 bridgehead atoms. The van der Waals surface area contributed by atoms with Gasteiger partial charge in [0.15, 0.2) is 11.6 Å². The van der Waals surface area contributed by atoms with Crippen molar-refractivity contribution < 1.29 is 27.1 Å². The Morgan fingerprint density at radius 1 is 1.26 bits per heavy atom. The number of nitrogens with zero attached hydrogens (tertiary/aromatic N) is 3. The van der Waals surface area contributed by atoms with Crippen LogP contribution in [0.25, 0.3) is 11.3 Å². The van der Waals surface area contributed by atoms with Crippen LogP contribution in [0.3, 0.4) is 0 Å². The third-order valence-corrected chi connectivity index (χ3v) is 3.21. The Morgan fingerprint density at radius 2 is 2.04 bits per heavy atom. The second-order valence-electron chi connectivity index (χ2n) is 5.10. The number of anilines is 2. The normalized spacial score (nSPS) is 11.3. The summed E-state index contributed by atoms with van der Waals surface area (Å²) >= 11 is 0. The third-order valence-electron chi connectivity index (χ3n) is 3.21. The Kier molecular flexibility index (Phi) is 4.62. The number of aromatic amines is 1. The summed E-state index contributed by atoms with van der Waals surface area (Å²) < 4.78 is 55.0. The van der Waals surface area contributed by atoms with Crippen molar-refractivity contribution in [3.63, 3.8) is 0 Å². The summed E-state index contributed by atoms with van der Waals surface area (Å²) in [6, 6.07) is 3.79. The second kappa shape index (κ2) is 6.90. The van der Waals surface area contributed by atoms with Gasteiger partial charge in [-0.1, -0.05) is 0 Å². The number of nitrogens with two attached hydrogens (primary N) is 1. The Bertz CT molecular complexity index is 975. The maximum absolute atomic E-state index is 13.5. The lowest BCUT2D eigenvalue weighted by Crippen LogP contribution is -2.18. The molecule has 0 aliphatic carbocycles. The van der Waals surface area contributed by atoms with E-state index in [0.29, 0.717) is 0 Å². The molecule has 4 N–H and O–H groups in total. The number of nitrogen functional groups attached to an aromatic ring is 1. The van der Waals surface area contributed by atoms with Gasteiger partial charge in [-0.3, -0.25) is 9.89 Å². The van der Waals surface area contributed by atoms with E-state index in [9.17, 15) is 22.4 Å². The number of H-pyrrole nitrogens is 1. The molecule has 0 aliphatic rings. The molecule has 3 aromatic rings. The number of amides is 1. The first-order valence-corrected chi connectivity index (χ1v) is 7.22. The number of alkyl halides is 3. The first kappa shape index (κ1) is 18.1. The zero-order valence-electron chi connectivity index (χ0n) is 13.2. The van der Waals surface area contributed by atoms with Gasteiger partial charge in [0.1, 0.15) is 23.0 Å². The highest BCUT2D eigenvalue weighted by Gasteiger charge is 2.33. The van der Waals surface area contributed by atoms with Crippen molar-refractivity contribution in [1.82, 2.24) is 20.2 Å². The van der Waals surface area contributed by atoms with Crippen LogP contribution in [-0.2, 0) is 0 Å². The molecule has 1 aromatic carbocycles. The maximum atomic E-state index is 13.5. The third kappa shape index (κ3) is 4.29. The molecule has 2 heterocycles. The summed E-state index contributed by atoms with van der Waals surface area (Å²) in [4.78, 5) is 19.6. The zero-order valence-corrected chi connectivity index (χ0v) is 13.2. The molecule has 27 heavy (non-hydrogen) atoms. The second-order valence-corrected chi connectivity index (χ2v) is 5.10.